The minimum absolute atomic E-state index is 0.100. The smallest absolute Gasteiger partial charge is 0.344 e. The first-order valence-electron chi connectivity index (χ1n) is 4.86. The van der Waals surface area contributed by atoms with E-state index in [4.69, 9.17) is 5.53 Å². The molecule has 18 heavy (non-hydrogen) atoms. The highest BCUT2D eigenvalue weighted by Crippen LogP contribution is 2.11. The summed E-state index contributed by atoms with van der Waals surface area (Å²) in [6, 6.07) is 6.24. The summed E-state index contributed by atoms with van der Waals surface area (Å²) in [4.78, 5) is 14.3. The van der Waals surface area contributed by atoms with Crippen molar-refractivity contribution in [2.75, 3.05) is 7.11 Å². The molecule has 1 saturated heterocycles. The molecule has 2 rings (SSSR count). The molecule has 0 aromatic heterocycles. The first-order chi connectivity index (χ1) is 8.76. The summed E-state index contributed by atoms with van der Waals surface area (Å²) in [6.45, 7) is 0. The third kappa shape index (κ3) is 2.43. The van der Waals surface area contributed by atoms with Gasteiger partial charge in [-0.3, -0.25) is 0 Å². The van der Waals surface area contributed by atoms with E-state index in [1.807, 2.05) is 0 Å². The van der Waals surface area contributed by atoms with Crippen LogP contribution in [0, 0.1) is 6.17 Å². The highest BCUT2D eigenvalue weighted by Gasteiger charge is 2.35. The molecule has 0 saturated carbocycles. The van der Waals surface area contributed by atoms with Crippen LogP contribution in [0.4, 0.5) is 0 Å². The van der Waals surface area contributed by atoms with E-state index in [0.717, 1.165) is 0 Å². The fraction of sp³-hybridized carbons (Fsp3) is 0.100. The second-order valence-corrected chi connectivity index (χ2v) is 3.22. The molecule has 0 unspecified atom stereocenters. The molecule has 1 fully saturated rings. The van der Waals surface area contributed by atoms with E-state index in [0.29, 0.717) is 11.1 Å². The molecular weight excluding hydrogens is 236 g/mol. The summed E-state index contributed by atoms with van der Waals surface area (Å²) in [5.74, 6) is -0.447. The number of nitrogens with zero attached hydrogens (tertiary/aromatic N) is 6. The molecule has 0 amide bonds. The zero-order chi connectivity index (χ0) is 13.0. The van der Waals surface area contributed by atoms with E-state index in [2.05, 4.69) is 31.4 Å². The van der Waals surface area contributed by atoms with Crippen LogP contribution in [0.5, 0.6) is 0 Å². The van der Waals surface area contributed by atoms with Gasteiger partial charge in [-0.05, 0) is 35.3 Å². The van der Waals surface area contributed by atoms with Gasteiger partial charge in [0.25, 0.3) is 6.17 Å². The second-order valence-electron chi connectivity index (χ2n) is 3.22. The van der Waals surface area contributed by atoms with E-state index in [9.17, 15) is 4.79 Å². The Morgan fingerprint density at radius 1 is 1.17 bits per heavy atom. The third-order valence-corrected chi connectivity index (χ3v) is 2.21. The van der Waals surface area contributed by atoms with Gasteiger partial charge < -0.3 is 10.3 Å². The first-order valence-corrected chi connectivity index (χ1v) is 4.86. The van der Waals surface area contributed by atoms with Gasteiger partial charge in [0.2, 0.25) is 0 Å². The number of carbonyl (C=O) groups excluding carboxylic acids is 1. The molecule has 8 nitrogen and oxygen atoms in total. The standard InChI is InChI=1S/C10H7N6O2/c1-18-10(17)7-4-2-6(3-5-7)8(12-11)9-13-15-16-14-9/h2-5H,1H3. The minimum atomic E-state index is -0.447. The van der Waals surface area contributed by atoms with Gasteiger partial charge in [0.05, 0.1) is 18.2 Å². The van der Waals surface area contributed by atoms with Crippen LogP contribution in [0.1, 0.15) is 15.9 Å². The predicted molar refractivity (Wildman–Crippen MR) is 57.3 cm³/mol. The summed E-state index contributed by atoms with van der Waals surface area (Å²) in [5.41, 5.74) is 23.7. The maximum atomic E-state index is 11.2. The van der Waals surface area contributed by atoms with Gasteiger partial charge in [-0.25, -0.2) is 4.79 Å². The van der Waals surface area contributed by atoms with Crippen LogP contribution in [0.25, 0.3) is 5.53 Å². The molecule has 8 heteroatoms. The molecule has 0 atom stereocenters. The zero-order valence-electron chi connectivity index (χ0n) is 9.31. The summed E-state index contributed by atoms with van der Waals surface area (Å²) in [5, 5.41) is 0. The van der Waals surface area contributed by atoms with Crippen LogP contribution in [-0.2, 0) is 4.74 Å². The monoisotopic (exact) mass is 243 g/mol. The lowest BCUT2D eigenvalue weighted by atomic mass is 10.1. The molecule has 0 bridgehead atoms. The molecule has 1 aromatic carbocycles. The van der Waals surface area contributed by atoms with Gasteiger partial charge >= 0.3 is 11.7 Å². The predicted octanol–water partition coefficient (Wildman–Crippen LogP) is -0.842. The molecule has 1 aliphatic heterocycles. The van der Waals surface area contributed by atoms with Gasteiger partial charge in [-0.2, -0.15) is 4.79 Å². The van der Waals surface area contributed by atoms with Crippen molar-refractivity contribution >= 4 is 11.7 Å². The summed E-state index contributed by atoms with van der Waals surface area (Å²) in [6.07, 6.45) is 0.100. The van der Waals surface area contributed by atoms with Gasteiger partial charge in [0.15, 0.2) is 0 Å². The highest BCUT2D eigenvalue weighted by molar-refractivity contribution is 6.06. The van der Waals surface area contributed by atoms with Crippen molar-refractivity contribution in [2.45, 2.75) is 0 Å². The topological polar surface area (TPSA) is 119 Å². The van der Waals surface area contributed by atoms with E-state index < -0.39 is 5.97 Å². The maximum absolute atomic E-state index is 11.2. The zero-order valence-corrected chi connectivity index (χ0v) is 9.31. The number of methoxy groups -OCH3 is 1. The van der Waals surface area contributed by atoms with Crippen LogP contribution in [0.2, 0.25) is 0 Å². The maximum Gasteiger partial charge on any atom is 0.344 e. The van der Waals surface area contributed by atoms with Crippen molar-refractivity contribution in [1.29, 1.82) is 0 Å². The van der Waals surface area contributed by atoms with Crippen molar-refractivity contribution in [3.05, 3.63) is 47.1 Å². The van der Waals surface area contributed by atoms with Crippen LogP contribution < -0.4 is 21.9 Å². The van der Waals surface area contributed by atoms with Gasteiger partial charge in [-0.1, -0.05) is 10.9 Å². The SMILES string of the molecule is COC(=O)c1ccc(C(=[N+]=[N-])[C]2[N][N][N][N]2)cc1. The molecule has 1 aliphatic rings. The summed E-state index contributed by atoms with van der Waals surface area (Å²) >= 11 is 0. The third-order valence-electron chi connectivity index (χ3n) is 2.21. The van der Waals surface area contributed by atoms with Crippen molar-refractivity contribution in [1.82, 2.24) is 21.9 Å². The van der Waals surface area contributed by atoms with Crippen LogP contribution in [-0.4, -0.2) is 23.6 Å². The lowest BCUT2D eigenvalue weighted by molar-refractivity contribution is -0.00635. The van der Waals surface area contributed by atoms with E-state index in [-0.39, 0.29) is 11.9 Å². The first kappa shape index (κ1) is 12.4. The number of rotatable bonds is 3. The molecular formula is C10H7N6O2. The van der Waals surface area contributed by atoms with Crippen LogP contribution in [0.15, 0.2) is 24.3 Å². The van der Waals surface area contributed by atoms with Crippen molar-refractivity contribution < 1.29 is 14.3 Å². The average Bonchev–Trinajstić information content (AvgIpc) is 2.93. The summed E-state index contributed by atoms with van der Waals surface area (Å²) < 4.78 is 4.57. The second kappa shape index (κ2) is 5.50. The minimum Gasteiger partial charge on any atom is -0.465 e. The molecule has 1 aromatic rings. The Bertz CT molecular complexity index is 488. The normalized spacial score (nSPS) is 15.2. The highest BCUT2D eigenvalue weighted by atomic mass is 16.5. The number of esters is 1. The van der Waals surface area contributed by atoms with Crippen LogP contribution in [0.3, 0.4) is 0 Å². The fourth-order valence-electron chi connectivity index (χ4n) is 1.35. The number of carbonyl (C=O) groups is 1. The number of hydrogen-bond acceptors (Lipinski definition) is 2. The quantitative estimate of drug-likeness (QED) is 0.297. The van der Waals surface area contributed by atoms with Gasteiger partial charge in [0, 0.05) is 0 Å². The molecule has 0 N–H and O–H groups in total. The van der Waals surface area contributed by atoms with Gasteiger partial charge in [-0.15, -0.1) is 0 Å². The van der Waals surface area contributed by atoms with E-state index >= 15 is 0 Å². The Balaban J connectivity index is 2.22. The van der Waals surface area contributed by atoms with Crippen molar-refractivity contribution in [2.24, 2.45) is 0 Å². The van der Waals surface area contributed by atoms with Crippen LogP contribution >= 0.6 is 0 Å². The Labute approximate surface area is 103 Å². The lowest BCUT2D eigenvalue weighted by Crippen LogP contribution is -2.25. The Morgan fingerprint density at radius 3 is 2.22 bits per heavy atom. The fourth-order valence-corrected chi connectivity index (χ4v) is 1.35. The molecule has 1 heterocycles. The molecule has 0 spiro atoms. The lowest BCUT2D eigenvalue weighted by Gasteiger charge is -2.01. The van der Waals surface area contributed by atoms with Gasteiger partial charge in [0.1, 0.15) is 0 Å². The molecule has 89 valence electrons. The van der Waals surface area contributed by atoms with Crippen molar-refractivity contribution in [3.8, 4) is 0 Å². The van der Waals surface area contributed by atoms with E-state index in [1.54, 1.807) is 12.1 Å². The number of benzene rings is 1. The Morgan fingerprint density at radius 2 is 1.72 bits per heavy atom. The van der Waals surface area contributed by atoms with E-state index in [1.165, 1.54) is 19.2 Å². The average molecular weight is 243 g/mol. The Kier molecular flexibility index (Phi) is 3.78. The number of ether oxygens (including phenoxy) is 1. The molecule has 0 aliphatic carbocycles. The molecule has 5 radical (unpaired) electrons. The Hall–Kier alpha value is -2.09. The number of hydrogen-bond donors (Lipinski definition) is 0. The van der Waals surface area contributed by atoms with Crippen molar-refractivity contribution in [3.63, 3.8) is 0 Å². The largest absolute Gasteiger partial charge is 0.465 e. The summed E-state index contributed by atoms with van der Waals surface area (Å²) in [7, 11) is 1.30.